The van der Waals surface area contributed by atoms with Crippen LogP contribution in [0.2, 0.25) is 0 Å². The summed E-state index contributed by atoms with van der Waals surface area (Å²) in [7, 11) is 0. The lowest BCUT2D eigenvalue weighted by molar-refractivity contribution is 0.100. The molecular formula is C19H21FN4O. The van der Waals surface area contributed by atoms with Crippen molar-refractivity contribution in [3.8, 4) is 0 Å². The van der Waals surface area contributed by atoms with Gasteiger partial charge in [0.25, 0.3) is 5.91 Å². The Kier molecular flexibility index (Phi) is 5.09. The number of amides is 1. The third kappa shape index (κ3) is 3.85. The quantitative estimate of drug-likeness (QED) is 0.590. The van der Waals surface area contributed by atoms with Crippen LogP contribution in [0.25, 0.3) is 0 Å². The highest BCUT2D eigenvalue weighted by atomic mass is 19.1. The van der Waals surface area contributed by atoms with Crippen molar-refractivity contribution in [2.45, 2.75) is 18.8 Å². The molecule has 1 atom stereocenters. The van der Waals surface area contributed by atoms with Gasteiger partial charge < -0.3 is 16.8 Å². The lowest BCUT2D eigenvalue weighted by Crippen LogP contribution is -2.28. The van der Waals surface area contributed by atoms with Crippen molar-refractivity contribution in [2.24, 2.45) is 10.7 Å². The molecule has 2 aromatic rings. The molecule has 1 fully saturated rings. The van der Waals surface area contributed by atoms with E-state index >= 15 is 0 Å². The maximum absolute atomic E-state index is 14.0. The predicted molar refractivity (Wildman–Crippen MR) is 97.9 cm³/mol. The van der Waals surface area contributed by atoms with Crippen LogP contribution in [0, 0.1) is 5.82 Å². The van der Waals surface area contributed by atoms with Crippen molar-refractivity contribution in [3.05, 3.63) is 58.9 Å². The first-order chi connectivity index (χ1) is 12.1. The monoisotopic (exact) mass is 340 g/mol. The average molecular weight is 340 g/mol. The summed E-state index contributed by atoms with van der Waals surface area (Å²) >= 11 is 0. The molecule has 1 amide bonds. The Morgan fingerprint density at radius 1 is 1.24 bits per heavy atom. The van der Waals surface area contributed by atoms with Crippen molar-refractivity contribution >= 4 is 23.5 Å². The van der Waals surface area contributed by atoms with E-state index in [1.54, 1.807) is 0 Å². The average Bonchev–Trinajstić information content (AvgIpc) is 2.62. The van der Waals surface area contributed by atoms with E-state index in [-0.39, 0.29) is 16.8 Å². The smallest absolute Gasteiger partial charge is 0.250 e. The molecular weight excluding hydrogens is 319 g/mol. The lowest BCUT2D eigenvalue weighted by Gasteiger charge is -2.23. The Balaban J connectivity index is 1.80. The lowest BCUT2D eigenvalue weighted by atomic mass is 9.92. The number of nitrogens with zero attached hydrogens (tertiary/aromatic N) is 1. The molecule has 0 aromatic heterocycles. The van der Waals surface area contributed by atoms with Crippen LogP contribution in [0.5, 0.6) is 0 Å². The van der Waals surface area contributed by atoms with Crippen LogP contribution < -0.4 is 16.8 Å². The summed E-state index contributed by atoms with van der Waals surface area (Å²) in [5.74, 6) is -0.721. The SMILES string of the molecule is NC(=O)c1ccc(F)c(C=Nc2ccc(C3CCCNC3)cc2)c1N. The summed E-state index contributed by atoms with van der Waals surface area (Å²) in [6, 6.07) is 10.3. The van der Waals surface area contributed by atoms with Crippen molar-refractivity contribution in [1.29, 1.82) is 0 Å². The van der Waals surface area contributed by atoms with Gasteiger partial charge in [0.1, 0.15) is 5.82 Å². The second kappa shape index (κ2) is 7.44. The number of hydrogen-bond donors (Lipinski definition) is 3. The van der Waals surface area contributed by atoms with Gasteiger partial charge in [-0.25, -0.2) is 4.39 Å². The van der Waals surface area contributed by atoms with Gasteiger partial charge in [0.2, 0.25) is 0 Å². The Bertz CT molecular complexity index is 796. The Hall–Kier alpha value is -2.73. The number of halogens is 1. The van der Waals surface area contributed by atoms with Gasteiger partial charge in [0.05, 0.1) is 22.5 Å². The molecule has 5 N–H and O–H groups in total. The van der Waals surface area contributed by atoms with Crippen molar-refractivity contribution in [3.63, 3.8) is 0 Å². The fourth-order valence-electron chi connectivity index (χ4n) is 3.06. The van der Waals surface area contributed by atoms with Crippen LogP contribution in [0.3, 0.4) is 0 Å². The number of piperidine rings is 1. The number of nitrogen functional groups attached to an aromatic ring is 1. The van der Waals surface area contributed by atoms with Crippen molar-refractivity contribution in [1.82, 2.24) is 5.32 Å². The van der Waals surface area contributed by atoms with Gasteiger partial charge in [-0.15, -0.1) is 0 Å². The summed E-state index contributed by atoms with van der Waals surface area (Å²) in [4.78, 5) is 15.6. The normalized spacial score (nSPS) is 17.7. The van der Waals surface area contributed by atoms with Crippen molar-refractivity contribution in [2.75, 3.05) is 18.8 Å². The number of nitrogens with two attached hydrogens (primary N) is 2. The van der Waals surface area contributed by atoms with Gasteiger partial charge in [-0.3, -0.25) is 9.79 Å². The van der Waals surface area contributed by atoms with Gasteiger partial charge in [-0.1, -0.05) is 12.1 Å². The largest absolute Gasteiger partial charge is 0.397 e. The van der Waals surface area contributed by atoms with Crippen LogP contribution in [0.15, 0.2) is 41.4 Å². The minimum atomic E-state index is -0.697. The van der Waals surface area contributed by atoms with E-state index in [0.717, 1.165) is 19.2 Å². The molecule has 130 valence electrons. The predicted octanol–water partition coefficient (Wildman–Crippen LogP) is 2.72. The van der Waals surface area contributed by atoms with E-state index in [1.807, 2.05) is 24.3 Å². The highest BCUT2D eigenvalue weighted by Gasteiger charge is 2.15. The number of aliphatic imine (C=N–C) groups is 1. The topological polar surface area (TPSA) is 93.5 Å². The number of primary amides is 1. The van der Waals surface area contributed by atoms with E-state index < -0.39 is 11.7 Å². The molecule has 1 unspecified atom stereocenters. The molecule has 0 spiro atoms. The number of nitrogens with one attached hydrogen (secondary N) is 1. The molecule has 1 aliphatic rings. The first-order valence-corrected chi connectivity index (χ1v) is 8.29. The number of rotatable bonds is 4. The molecule has 0 saturated carbocycles. The third-order valence-electron chi connectivity index (χ3n) is 4.50. The molecule has 1 saturated heterocycles. The molecule has 25 heavy (non-hydrogen) atoms. The van der Waals surface area contributed by atoms with Crippen LogP contribution in [0.4, 0.5) is 15.8 Å². The molecule has 1 aliphatic heterocycles. The molecule has 5 nitrogen and oxygen atoms in total. The van der Waals surface area contributed by atoms with E-state index in [2.05, 4.69) is 10.3 Å². The molecule has 2 aromatic carbocycles. The van der Waals surface area contributed by atoms with Gasteiger partial charge in [-0.05, 0) is 55.1 Å². The molecule has 6 heteroatoms. The maximum atomic E-state index is 14.0. The number of carbonyl (C=O) groups is 1. The van der Waals surface area contributed by atoms with Crippen molar-refractivity contribution < 1.29 is 9.18 Å². The standard InChI is InChI=1S/C19H21FN4O/c20-17-8-7-15(19(22)25)18(21)16(17)11-24-14-5-3-12(4-6-14)13-2-1-9-23-10-13/h3-8,11,13,23H,1-2,9-10,21H2,(H2,22,25). The zero-order valence-electron chi connectivity index (χ0n) is 13.8. The summed E-state index contributed by atoms with van der Waals surface area (Å²) in [6.45, 7) is 2.07. The second-order valence-electron chi connectivity index (χ2n) is 6.18. The van der Waals surface area contributed by atoms with E-state index in [0.29, 0.717) is 11.6 Å². The van der Waals surface area contributed by atoms with E-state index in [9.17, 15) is 9.18 Å². The summed E-state index contributed by atoms with van der Waals surface area (Å²) < 4.78 is 14.0. The number of anilines is 1. The van der Waals surface area contributed by atoms with Gasteiger partial charge in [0.15, 0.2) is 0 Å². The summed E-state index contributed by atoms with van der Waals surface area (Å²) in [5, 5.41) is 3.40. The second-order valence-corrected chi connectivity index (χ2v) is 6.18. The van der Waals surface area contributed by atoms with E-state index in [4.69, 9.17) is 11.5 Å². The summed E-state index contributed by atoms with van der Waals surface area (Å²) in [6.07, 6.45) is 3.69. The van der Waals surface area contributed by atoms with Crippen LogP contribution in [0.1, 0.15) is 40.2 Å². The Morgan fingerprint density at radius 2 is 2.00 bits per heavy atom. The Morgan fingerprint density at radius 3 is 2.64 bits per heavy atom. The first kappa shape index (κ1) is 17.1. The number of benzene rings is 2. The fraction of sp³-hybridized carbons (Fsp3) is 0.263. The van der Waals surface area contributed by atoms with Gasteiger partial charge in [-0.2, -0.15) is 0 Å². The van der Waals surface area contributed by atoms with E-state index in [1.165, 1.54) is 30.7 Å². The molecule has 3 rings (SSSR count). The zero-order valence-corrected chi connectivity index (χ0v) is 13.8. The van der Waals surface area contributed by atoms with Crippen LogP contribution >= 0.6 is 0 Å². The molecule has 0 aliphatic carbocycles. The molecule has 0 bridgehead atoms. The Labute approximate surface area is 145 Å². The highest BCUT2D eigenvalue weighted by molar-refractivity contribution is 6.03. The first-order valence-electron chi connectivity index (χ1n) is 8.29. The van der Waals surface area contributed by atoms with Crippen LogP contribution in [-0.4, -0.2) is 25.2 Å². The third-order valence-corrected chi connectivity index (χ3v) is 4.50. The van der Waals surface area contributed by atoms with Gasteiger partial charge in [0, 0.05) is 12.8 Å². The number of hydrogen-bond acceptors (Lipinski definition) is 4. The maximum Gasteiger partial charge on any atom is 0.250 e. The minimum Gasteiger partial charge on any atom is -0.397 e. The fourth-order valence-corrected chi connectivity index (χ4v) is 3.06. The number of carbonyl (C=O) groups excluding carboxylic acids is 1. The van der Waals surface area contributed by atoms with Gasteiger partial charge >= 0.3 is 0 Å². The molecule has 1 heterocycles. The minimum absolute atomic E-state index is 0.00106. The highest BCUT2D eigenvalue weighted by Crippen LogP contribution is 2.25. The van der Waals surface area contributed by atoms with Crippen LogP contribution in [-0.2, 0) is 0 Å². The summed E-state index contributed by atoms with van der Waals surface area (Å²) in [5.41, 5.74) is 13.2. The zero-order chi connectivity index (χ0) is 17.8. The molecule has 0 radical (unpaired) electrons.